The first-order chi connectivity index (χ1) is 11.5. The van der Waals surface area contributed by atoms with Gasteiger partial charge in [-0.15, -0.1) is 0 Å². The summed E-state index contributed by atoms with van der Waals surface area (Å²) in [4.78, 5) is 24.4. The van der Waals surface area contributed by atoms with Gasteiger partial charge in [-0.1, -0.05) is 39.7 Å². The van der Waals surface area contributed by atoms with Crippen LogP contribution in [0.15, 0.2) is 46.9 Å². The summed E-state index contributed by atoms with van der Waals surface area (Å²) in [5.74, 6) is -0.593. The SMILES string of the molecule is COC(=O)c1ccc(Cl)c(NC(=O)C2(c3ccc(Br)cc3)CC2)c1. The predicted octanol–water partition coefficient (Wildman–Crippen LogP) is 4.56. The molecule has 1 aliphatic carbocycles. The molecule has 1 aliphatic rings. The molecule has 3 rings (SSSR count). The fraction of sp³-hybridized carbons (Fsp3) is 0.222. The van der Waals surface area contributed by atoms with Crippen molar-refractivity contribution in [3.05, 3.63) is 63.1 Å². The van der Waals surface area contributed by atoms with Crippen molar-refractivity contribution in [3.63, 3.8) is 0 Å². The number of carbonyl (C=O) groups excluding carboxylic acids is 2. The van der Waals surface area contributed by atoms with E-state index in [4.69, 9.17) is 16.3 Å². The van der Waals surface area contributed by atoms with Crippen molar-refractivity contribution in [3.8, 4) is 0 Å². The molecule has 0 aliphatic heterocycles. The highest BCUT2D eigenvalue weighted by atomic mass is 79.9. The Bertz CT molecular complexity index is 800. The van der Waals surface area contributed by atoms with Crippen LogP contribution < -0.4 is 5.32 Å². The monoisotopic (exact) mass is 407 g/mol. The molecule has 0 bridgehead atoms. The zero-order valence-electron chi connectivity index (χ0n) is 12.9. The van der Waals surface area contributed by atoms with Crippen molar-refractivity contribution in [2.24, 2.45) is 0 Å². The van der Waals surface area contributed by atoms with Crippen LogP contribution in [0.5, 0.6) is 0 Å². The maximum absolute atomic E-state index is 12.8. The number of carbonyl (C=O) groups is 2. The Morgan fingerprint density at radius 1 is 1.17 bits per heavy atom. The largest absolute Gasteiger partial charge is 0.465 e. The number of hydrogen-bond acceptors (Lipinski definition) is 3. The third-order valence-electron chi connectivity index (χ3n) is 4.22. The minimum Gasteiger partial charge on any atom is -0.465 e. The Morgan fingerprint density at radius 2 is 1.83 bits per heavy atom. The molecule has 0 atom stereocenters. The molecule has 0 heterocycles. The molecule has 1 fully saturated rings. The maximum Gasteiger partial charge on any atom is 0.337 e. The standard InChI is InChI=1S/C18H15BrClNO3/c1-24-16(22)11-2-7-14(20)15(10-11)21-17(23)18(8-9-18)12-3-5-13(19)6-4-12/h2-7,10H,8-9H2,1H3,(H,21,23). The van der Waals surface area contributed by atoms with Crippen LogP contribution in [0.4, 0.5) is 5.69 Å². The first-order valence-electron chi connectivity index (χ1n) is 7.42. The third kappa shape index (κ3) is 3.19. The van der Waals surface area contributed by atoms with Crippen molar-refractivity contribution in [2.75, 3.05) is 12.4 Å². The molecular formula is C18H15BrClNO3. The van der Waals surface area contributed by atoms with Crippen molar-refractivity contribution >= 4 is 45.1 Å². The Labute approximate surface area is 153 Å². The summed E-state index contributed by atoms with van der Waals surface area (Å²) in [7, 11) is 1.31. The van der Waals surface area contributed by atoms with E-state index in [2.05, 4.69) is 21.2 Å². The minimum absolute atomic E-state index is 0.117. The van der Waals surface area contributed by atoms with Gasteiger partial charge in [-0.2, -0.15) is 0 Å². The van der Waals surface area contributed by atoms with E-state index in [1.807, 2.05) is 24.3 Å². The van der Waals surface area contributed by atoms with Crippen molar-refractivity contribution in [1.29, 1.82) is 0 Å². The van der Waals surface area contributed by atoms with Crippen LogP contribution in [0.3, 0.4) is 0 Å². The molecule has 0 unspecified atom stereocenters. The third-order valence-corrected chi connectivity index (χ3v) is 5.08. The van der Waals surface area contributed by atoms with E-state index in [0.29, 0.717) is 16.3 Å². The van der Waals surface area contributed by atoms with Crippen LogP contribution in [0.1, 0.15) is 28.8 Å². The average Bonchev–Trinajstić information content (AvgIpc) is 3.38. The molecule has 6 heteroatoms. The molecule has 2 aromatic rings. The van der Waals surface area contributed by atoms with Gasteiger partial charge < -0.3 is 10.1 Å². The summed E-state index contributed by atoms with van der Waals surface area (Å²) in [6.07, 6.45) is 1.57. The van der Waals surface area contributed by atoms with Gasteiger partial charge in [0.15, 0.2) is 0 Å². The molecule has 0 aromatic heterocycles. The van der Waals surface area contributed by atoms with Gasteiger partial charge in [-0.05, 0) is 48.7 Å². The molecule has 1 N–H and O–H groups in total. The summed E-state index contributed by atoms with van der Waals surface area (Å²) in [6, 6.07) is 12.4. The van der Waals surface area contributed by atoms with Gasteiger partial charge in [-0.25, -0.2) is 4.79 Å². The lowest BCUT2D eigenvalue weighted by Gasteiger charge is -2.17. The second-order valence-electron chi connectivity index (χ2n) is 5.73. The van der Waals surface area contributed by atoms with Crippen LogP contribution >= 0.6 is 27.5 Å². The van der Waals surface area contributed by atoms with Gasteiger partial charge in [0.05, 0.1) is 28.8 Å². The number of benzene rings is 2. The first-order valence-corrected chi connectivity index (χ1v) is 8.59. The zero-order chi connectivity index (χ0) is 17.3. The van der Waals surface area contributed by atoms with E-state index < -0.39 is 11.4 Å². The van der Waals surface area contributed by atoms with Crippen LogP contribution in [0.2, 0.25) is 5.02 Å². The molecule has 1 amide bonds. The molecule has 4 nitrogen and oxygen atoms in total. The van der Waals surface area contributed by atoms with E-state index in [9.17, 15) is 9.59 Å². The Hall–Kier alpha value is -1.85. The molecule has 0 spiro atoms. The summed E-state index contributed by atoms with van der Waals surface area (Å²) in [5.41, 5.74) is 1.20. The van der Waals surface area contributed by atoms with Crippen molar-refractivity contribution in [2.45, 2.75) is 18.3 Å². The number of esters is 1. The van der Waals surface area contributed by atoms with Gasteiger partial charge in [0.1, 0.15) is 0 Å². The second-order valence-corrected chi connectivity index (χ2v) is 7.05. The van der Waals surface area contributed by atoms with Crippen LogP contribution in [-0.4, -0.2) is 19.0 Å². The smallest absolute Gasteiger partial charge is 0.337 e. The minimum atomic E-state index is -0.523. The van der Waals surface area contributed by atoms with E-state index in [-0.39, 0.29) is 5.91 Å². The van der Waals surface area contributed by atoms with Gasteiger partial charge in [0.25, 0.3) is 0 Å². The first kappa shape index (κ1) is 17.0. The number of ether oxygens (including phenoxy) is 1. The zero-order valence-corrected chi connectivity index (χ0v) is 15.3. The fourth-order valence-electron chi connectivity index (χ4n) is 2.65. The van der Waals surface area contributed by atoms with Gasteiger partial charge in [0, 0.05) is 4.47 Å². The summed E-state index contributed by atoms with van der Waals surface area (Å²) in [5, 5.41) is 3.23. The lowest BCUT2D eigenvalue weighted by atomic mass is 9.95. The summed E-state index contributed by atoms with van der Waals surface area (Å²) < 4.78 is 5.67. The molecule has 24 heavy (non-hydrogen) atoms. The average molecular weight is 409 g/mol. The van der Waals surface area contributed by atoms with E-state index >= 15 is 0 Å². The van der Waals surface area contributed by atoms with Crippen molar-refractivity contribution in [1.82, 2.24) is 0 Å². The highest BCUT2D eigenvalue weighted by Gasteiger charge is 2.51. The van der Waals surface area contributed by atoms with Crippen LogP contribution in [-0.2, 0) is 14.9 Å². The van der Waals surface area contributed by atoms with Gasteiger partial charge in [-0.3, -0.25) is 4.79 Å². The van der Waals surface area contributed by atoms with Crippen molar-refractivity contribution < 1.29 is 14.3 Å². The number of methoxy groups -OCH3 is 1. The number of anilines is 1. The van der Waals surface area contributed by atoms with E-state index in [1.165, 1.54) is 13.2 Å². The lowest BCUT2D eigenvalue weighted by molar-refractivity contribution is -0.118. The number of halogens is 2. The van der Waals surface area contributed by atoms with E-state index in [0.717, 1.165) is 22.9 Å². The van der Waals surface area contributed by atoms with Gasteiger partial charge in [0.2, 0.25) is 5.91 Å². The normalized spacial score (nSPS) is 14.8. The summed E-state index contributed by atoms with van der Waals surface area (Å²) >= 11 is 9.55. The quantitative estimate of drug-likeness (QED) is 0.755. The number of rotatable bonds is 4. The molecule has 0 saturated heterocycles. The van der Waals surface area contributed by atoms with Crippen LogP contribution in [0, 0.1) is 0 Å². The number of hydrogen-bond donors (Lipinski definition) is 1. The highest BCUT2D eigenvalue weighted by molar-refractivity contribution is 9.10. The van der Waals surface area contributed by atoms with E-state index in [1.54, 1.807) is 12.1 Å². The Balaban J connectivity index is 1.85. The maximum atomic E-state index is 12.8. The Morgan fingerprint density at radius 3 is 2.42 bits per heavy atom. The van der Waals surface area contributed by atoms with Gasteiger partial charge >= 0.3 is 5.97 Å². The Kier molecular flexibility index (Phi) is 4.65. The molecular weight excluding hydrogens is 394 g/mol. The predicted molar refractivity (Wildman–Crippen MR) is 96.5 cm³/mol. The molecule has 0 radical (unpaired) electrons. The molecule has 2 aromatic carbocycles. The summed E-state index contributed by atoms with van der Waals surface area (Å²) in [6.45, 7) is 0. The topological polar surface area (TPSA) is 55.4 Å². The second kappa shape index (κ2) is 6.57. The number of nitrogens with one attached hydrogen (secondary N) is 1. The highest BCUT2D eigenvalue weighted by Crippen LogP contribution is 2.49. The number of amides is 1. The fourth-order valence-corrected chi connectivity index (χ4v) is 3.08. The molecule has 124 valence electrons. The molecule has 1 saturated carbocycles. The van der Waals surface area contributed by atoms with Crippen LogP contribution in [0.25, 0.3) is 0 Å². The lowest BCUT2D eigenvalue weighted by Crippen LogP contribution is -2.28.